The number of pyridine rings is 1. The Labute approximate surface area is 137 Å². The molecule has 124 valence electrons. The highest BCUT2D eigenvalue weighted by Gasteiger charge is 2.30. The third-order valence-corrected chi connectivity index (χ3v) is 4.91. The van der Waals surface area contributed by atoms with E-state index in [0.717, 1.165) is 25.7 Å². The van der Waals surface area contributed by atoms with Gasteiger partial charge in [0.25, 0.3) is 5.91 Å². The van der Waals surface area contributed by atoms with Crippen molar-refractivity contribution < 1.29 is 9.59 Å². The molecule has 2 fully saturated rings. The monoisotopic (exact) mass is 315 g/mol. The van der Waals surface area contributed by atoms with E-state index in [-0.39, 0.29) is 17.7 Å². The van der Waals surface area contributed by atoms with Crippen LogP contribution in [0.3, 0.4) is 0 Å². The average molecular weight is 315 g/mol. The molecule has 0 spiro atoms. The first-order valence-corrected chi connectivity index (χ1v) is 8.75. The predicted octanol–water partition coefficient (Wildman–Crippen LogP) is 2.38. The average Bonchev–Trinajstić information content (AvgIpc) is 2.63. The Bertz CT molecular complexity index is 540. The number of carbonyl (C=O) groups excluding carboxylic acids is 2. The Hall–Kier alpha value is -1.91. The summed E-state index contributed by atoms with van der Waals surface area (Å²) >= 11 is 0. The first-order valence-electron chi connectivity index (χ1n) is 8.75. The van der Waals surface area contributed by atoms with Gasteiger partial charge in [0.2, 0.25) is 5.91 Å². The highest BCUT2D eigenvalue weighted by atomic mass is 16.2. The molecule has 1 aliphatic carbocycles. The molecule has 0 bridgehead atoms. The van der Waals surface area contributed by atoms with E-state index in [1.54, 1.807) is 23.2 Å². The van der Waals surface area contributed by atoms with Gasteiger partial charge in [0.1, 0.15) is 5.69 Å². The van der Waals surface area contributed by atoms with Gasteiger partial charge in [-0.25, -0.2) is 0 Å². The lowest BCUT2D eigenvalue weighted by Gasteiger charge is -2.33. The summed E-state index contributed by atoms with van der Waals surface area (Å²) in [6.45, 7) is 1.22. The molecular formula is C18H25N3O2. The van der Waals surface area contributed by atoms with Crippen LogP contribution in [0.25, 0.3) is 0 Å². The number of hydrogen-bond acceptors (Lipinski definition) is 3. The fourth-order valence-electron chi connectivity index (χ4n) is 3.59. The largest absolute Gasteiger partial charge is 0.353 e. The number of nitrogens with zero attached hydrogens (tertiary/aromatic N) is 2. The second-order valence-corrected chi connectivity index (χ2v) is 6.65. The van der Waals surface area contributed by atoms with E-state index in [9.17, 15) is 9.59 Å². The van der Waals surface area contributed by atoms with Gasteiger partial charge >= 0.3 is 0 Å². The van der Waals surface area contributed by atoms with Crippen molar-refractivity contribution in [1.82, 2.24) is 15.2 Å². The highest BCUT2D eigenvalue weighted by molar-refractivity contribution is 5.92. The van der Waals surface area contributed by atoms with Crippen LogP contribution in [-0.4, -0.2) is 40.8 Å². The van der Waals surface area contributed by atoms with Crippen molar-refractivity contribution in [2.45, 2.75) is 51.0 Å². The fraction of sp³-hybridized carbons (Fsp3) is 0.611. The van der Waals surface area contributed by atoms with Crippen LogP contribution >= 0.6 is 0 Å². The van der Waals surface area contributed by atoms with Crippen LogP contribution in [0.2, 0.25) is 0 Å². The Kier molecular flexibility index (Phi) is 5.26. The highest BCUT2D eigenvalue weighted by Crippen LogP contribution is 2.21. The number of aromatic nitrogens is 1. The van der Waals surface area contributed by atoms with E-state index in [1.165, 1.54) is 19.3 Å². The predicted molar refractivity (Wildman–Crippen MR) is 87.9 cm³/mol. The maximum atomic E-state index is 12.5. The SMILES string of the molecule is O=C(NC1CCCCC1)[C@H]1CCCN(C(=O)c2ccccn2)C1. The molecule has 1 N–H and O–H groups in total. The summed E-state index contributed by atoms with van der Waals surface area (Å²) in [5.41, 5.74) is 0.459. The molecule has 2 heterocycles. The molecule has 0 unspecified atom stereocenters. The number of piperidine rings is 1. The van der Waals surface area contributed by atoms with Gasteiger partial charge in [-0.3, -0.25) is 14.6 Å². The van der Waals surface area contributed by atoms with Gasteiger partial charge in [0, 0.05) is 25.3 Å². The number of nitrogens with one attached hydrogen (secondary N) is 1. The number of likely N-dealkylation sites (tertiary alicyclic amines) is 1. The van der Waals surface area contributed by atoms with E-state index in [0.29, 0.717) is 24.8 Å². The normalized spacial score (nSPS) is 22.6. The minimum absolute atomic E-state index is 0.0687. The molecule has 1 aliphatic heterocycles. The van der Waals surface area contributed by atoms with Crippen LogP contribution in [0, 0.1) is 5.92 Å². The molecule has 1 atom stereocenters. The van der Waals surface area contributed by atoms with Crippen LogP contribution < -0.4 is 5.32 Å². The van der Waals surface area contributed by atoms with Crippen molar-refractivity contribution in [1.29, 1.82) is 0 Å². The van der Waals surface area contributed by atoms with E-state index < -0.39 is 0 Å². The maximum Gasteiger partial charge on any atom is 0.272 e. The maximum absolute atomic E-state index is 12.5. The zero-order chi connectivity index (χ0) is 16.1. The number of rotatable bonds is 3. The summed E-state index contributed by atoms with van der Waals surface area (Å²) in [7, 11) is 0. The Morgan fingerprint density at radius 1 is 1.09 bits per heavy atom. The summed E-state index contributed by atoms with van der Waals surface area (Å²) in [5.74, 6) is -0.0328. The molecule has 23 heavy (non-hydrogen) atoms. The van der Waals surface area contributed by atoms with Crippen molar-refractivity contribution in [3.8, 4) is 0 Å². The number of hydrogen-bond donors (Lipinski definition) is 1. The molecule has 0 aromatic carbocycles. The summed E-state index contributed by atoms with van der Waals surface area (Å²) in [6, 6.07) is 5.68. The smallest absolute Gasteiger partial charge is 0.272 e. The zero-order valence-electron chi connectivity index (χ0n) is 13.5. The minimum Gasteiger partial charge on any atom is -0.353 e. The summed E-state index contributed by atoms with van der Waals surface area (Å²) < 4.78 is 0. The van der Waals surface area contributed by atoms with Crippen molar-refractivity contribution in [3.63, 3.8) is 0 Å². The molecule has 5 heteroatoms. The standard InChI is InChI=1S/C18H25N3O2/c22-17(20-15-8-2-1-3-9-15)14-7-6-12-21(13-14)18(23)16-10-4-5-11-19-16/h4-5,10-11,14-15H,1-3,6-9,12-13H2,(H,20,22)/t14-/m0/s1. The minimum atomic E-state index is -0.0849. The van der Waals surface area contributed by atoms with Gasteiger partial charge in [-0.05, 0) is 37.8 Å². The third-order valence-electron chi connectivity index (χ3n) is 4.91. The van der Waals surface area contributed by atoms with Gasteiger partial charge in [-0.2, -0.15) is 0 Å². The lowest BCUT2D eigenvalue weighted by Crippen LogP contribution is -2.48. The molecule has 2 amide bonds. The summed E-state index contributed by atoms with van der Waals surface area (Å²) in [5, 5.41) is 3.20. The fourth-order valence-corrected chi connectivity index (χ4v) is 3.59. The second-order valence-electron chi connectivity index (χ2n) is 6.65. The third kappa shape index (κ3) is 4.09. The quantitative estimate of drug-likeness (QED) is 0.931. The van der Waals surface area contributed by atoms with Gasteiger partial charge in [-0.1, -0.05) is 25.3 Å². The zero-order valence-corrected chi connectivity index (χ0v) is 13.5. The van der Waals surface area contributed by atoms with Gasteiger partial charge in [0.15, 0.2) is 0 Å². The van der Waals surface area contributed by atoms with Gasteiger partial charge in [-0.15, -0.1) is 0 Å². The van der Waals surface area contributed by atoms with Crippen LogP contribution in [0.1, 0.15) is 55.4 Å². The van der Waals surface area contributed by atoms with E-state index in [4.69, 9.17) is 0 Å². The molecule has 1 saturated heterocycles. The summed E-state index contributed by atoms with van der Waals surface area (Å²) in [4.78, 5) is 30.9. The molecule has 0 radical (unpaired) electrons. The van der Waals surface area contributed by atoms with Crippen LogP contribution in [0.5, 0.6) is 0 Å². The van der Waals surface area contributed by atoms with E-state index in [1.807, 2.05) is 6.07 Å². The van der Waals surface area contributed by atoms with Crippen LogP contribution in [0.4, 0.5) is 0 Å². The van der Waals surface area contributed by atoms with Crippen LogP contribution in [0.15, 0.2) is 24.4 Å². The Balaban J connectivity index is 1.57. The van der Waals surface area contributed by atoms with Crippen molar-refractivity contribution >= 4 is 11.8 Å². The lowest BCUT2D eigenvalue weighted by atomic mass is 9.93. The van der Waals surface area contributed by atoms with Crippen molar-refractivity contribution in [2.75, 3.05) is 13.1 Å². The van der Waals surface area contributed by atoms with E-state index in [2.05, 4.69) is 10.3 Å². The molecule has 1 aromatic heterocycles. The Morgan fingerprint density at radius 2 is 1.91 bits per heavy atom. The number of carbonyl (C=O) groups is 2. The van der Waals surface area contributed by atoms with E-state index >= 15 is 0 Å². The van der Waals surface area contributed by atoms with Crippen molar-refractivity contribution in [3.05, 3.63) is 30.1 Å². The first-order chi connectivity index (χ1) is 11.2. The molecular weight excluding hydrogens is 290 g/mol. The molecule has 1 aromatic rings. The first kappa shape index (κ1) is 16.0. The lowest BCUT2D eigenvalue weighted by molar-refractivity contribution is -0.127. The molecule has 3 rings (SSSR count). The van der Waals surface area contributed by atoms with Crippen molar-refractivity contribution in [2.24, 2.45) is 5.92 Å². The number of amides is 2. The topological polar surface area (TPSA) is 62.3 Å². The van der Waals surface area contributed by atoms with Gasteiger partial charge < -0.3 is 10.2 Å². The Morgan fingerprint density at radius 3 is 2.65 bits per heavy atom. The molecule has 2 aliphatic rings. The van der Waals surface area contributed by atoms with Gasteiger partial charge in [0.05, 0.1) is 5.92 Å². The van der Waals surface area contributed by atoms with Crippen LogP contribution in [-0.2, 0) is 4.79 Å². The second kappa shape index (κ2) is 7.57. The summed E-state index contributed by atoms with van der Waals surface area (Å²) in [6.07, 6.45) is 9.25. The molecule has 5 nitrogen and oxygen atoms in total. The molecule has 1 saturated carbocycles.